The van der Waals surface area contributed by atoms with Crippen molar-refractivity contribution in [2.75, 3.05) is 38.2 Å². The van der Waals surface area contributed by atoms with Gasteiger partial charge >= 0.3 is 11.8 Å². The van der Waals surface area contributed by atoms with Gasteiger partial charge in [0, 0.05) is 25.3 Å². The molecule has 1 fully saturated rings. The zero-order valence-electron chi connectivity index (χ0n) is 15.0. The van der Waals surface area contributed by atoms with Crippen molar-refractivity contribution in [2.45, 2.75) is 13.0 Å². The number of nitrogens with one attached hydrogen (secondary N) is 2. The van der Waals surface area contributed by atoms with Gasteiger partial charge in [0.1, 0.15) is 5.82 Å². The summed E-state index contributed by atoms with van der Waals surface area (Å²) in [5.74, 6) is -1.99. The van der Waals surface area contributed by atoms with E-state index in [2.05, 4.69) is 15.5 Å². The second-order valence-corrected chi connectivity index (χ2v) is 7.13. The summed E-state index contributed by atoms with van der Waals surface area (Å²) in [7, 11) is 0. The zero-order chi connectivity index (χ0) is 19.2. The van der Waals surface area contributed by atoms with Crippen molar-refractivity contribution in [3.05, 3.63) is 52.0 Å². The lowest BCUT2D eigenvalue weighted by molar-refractivity contribution is -0.136. The topological polar surface area (TPSA) is 70.7 Å². The molecule has 0 bridgehead atoms. The molecule has 1 aliphatic heterocycles. The highest BCUT2D eigenvalue weighted by Crippen LogP contribution is 2.23. The lowest BCUT2D eigenvalue weighted by Crippen LogP contribution is -2.45. The minimum Gasteiger partial charge on any atom is -0.379 e. The number of benzene rings is 1. The molecule has 1 atom stereocenters. The molecule has 1 saturated heterocycles. The summed E-state index contributed by atoms with van der Waals surface area (Å²) >= 11 is 1.59. The van der Waals surface area contributed by atoms with E-state index in [4.69, 9.17) is 4.74 Å². The molecule has 6 nitrogen and oxygen atoms in total. The van der Waals surface area contributed by atoms with Crippen molar-refractivity contribution in [2.24, 2.45) is 0 Å². The highest BCUT2D eigenvalue weighted by molar-refractivity contribution is 7.08. The van der Waals surface area contributed by atoms with E-state index >= 15 is 0 Å². The van der Waals surface area contributed by atoms with Crippen molar-refractivity contribution in [3.63, 3.8) is 0 Å². The predicted molar refractivity (Wildman–Crippen MR) is 102 cm³/mol. The maximum atomic E-state index is 13.6. The van der Waals surface area contributed by atoms with E-state index in [1.807, 2.05) is 16.8 Å². The van der Waals surface area contributed by atoms with Crippen LogP contribution in [-0.4, -0.2) is 49.6 Å². The van der Waals surface area contributed by atoms with Crippen molar-refractivity contribution in [3.8, 4) is 0 Å². The molecule has 0 unspecified atom stereocenters. The van der Waals surface area contributed by atoms with Crippen molar-refractivity contribution in [1.29, 1.82) is 0 Å². The van der Waals surface area contributed by atoms with Gasteiger partial charge in [0.2, 0.25) is 0 Å². The van der Waals surface area contributed by atoms with Crippen LogP contribution < -0.4 is 10.6 Å². The third-order valence-electron chi connectivity index (χ3n) is 4.51. The van der Waals surface area contributed by atoms with Gasteiger partial charge in [-0.3, -0.25) is 14.5 Å². The van der Waals surface area contributed by atoms with Crippen molar-refractivity contribution < 1.29 is 18.7 Å². The Labute approximate surface area is 161 Å². The van der Waals surface area contributed by atoms with Gasteiger partial charge in [-0.1, -0.05) is 6.07 Å². The van der Waals surface area contributed by atoms with Gasteiger partial charge in [-0.05, 0) is 47.0 Å². The maximum Gasteiger partial charge on any atom is 0.313 e. The Bertz CT molecular complexity index is 792. The fraction of sp³-hybridized carbons (Fsp3) is 0.368. The van der Waals surface area contributed by atoms with Crippen LogP contribution in [0.2, 0.25) is 0 Å². The van der Waals surface area contributed by atoms with Gasteiger partial charge in [-0.2, -0.15) is 11.3 Å². The SMILES string of the molecule is Cc1ccc(NC(=O)C(=O)NC[C@@H](c2ccsc2)N2CCOCC2)cc1F. The van der Waals surface area contributed by atoms with E-state index in [0.717, 1.165) is 18.7 Å². The lowest BCUT2D eigenvalue weighted by Gasteiger charge is -2.34. The lowest BCUT2D eigenvalue weighted by atomic mass is 10.1. The van der Waals surface area contributed by atoms with E-state index in [0.29, 0.717) is 25.3 Å². The number of hydrogen-bond acceptors (Lipinski definition) is 5. The Hall–Kier alpha value is -2.29. The van der Waals surface area contributed by atoms with Gasteiger partial charge in [0.15, 0.2) is 0 Å². The number of carbonyl (C=O) groups excluding carboxylic acids is 2. The van der Waals surface area contributed by atoms with Crippen LogP contribution in [-0.2, 0) is 14.3 Å². The quantitative estimate of drug-likeness (QED) is 0.768. The molecule has 0 aliphatic carbocycles. The Morgan fingerprint density at radius 2 is 2.04 bits per heavy atom. The fourth-order valence-electron chi connectivity index (χ4n) is 2.94. The molecular weight excluding hydrogens is 369 g/mol. The van der Waals surface area contributed by atoms with Crippen LogP contribution in [0.15, 0.2) is 35.0 Å². The average molecular weight is 391 g/mol. The number of amides is 2. The van der Waals surface area contributed by atoms with Gasteiger partial charge in [0.05, 0.1) is 19.3 Å². The Morgan fingerprint density at radius 1 is 1.26 bits per heavy atom. The standard InChI is InChI=1S/C19H22FN3O3S/c1-13-2-3-15(10-16(13)20)22-19(25)18(24)21-11-17(14-4-9-27-12-14)23-5-7-26-8-6-23/h2-4,9-10,12,17H,5-8,11H2,1H3,(H,21,24)(H,22,25)/t17-/m0/s1. The van der Waals surface area contributed by atoms with Crippen LogP contribution in [0.5, 0.6) is 0 Å². The van der Waals surface area contributed by atoms with Crippen LogP contribution in [0, 0.1) is 12.7 Å². The summed E-state index contributed by atoms with van der Waals surface area (Å²) in [6.45, 7) is 4.77. The van der Waals surface area contributed by atoms with E-state index in [1.54, 1.807) is 30.4 Å². The third kappa shape index (κ3) is 5.12. The molecular formula is C19H22FN3O3S. The van der Waals surface area contributed by atoms with Gasteiger partial charge in [0.25, 0.3) is 0 Å². The predicted octanol–water partition coefficient (Wildman–Crippen LogP) is 2.32. The first kappa shape index (κ1) is 19.5. The molecule has 1 aromatic heterocycles. The largest absolute Gasteiger partial charge is 0.379 e. The highest BCUT2D eigenvalue weighted by Gasteiger charge is 2.24. The molecule has 2 amide bonds. The highest BCUT2D eigenvalue weighted by atomic mass is 32.1. The molecule has 0 saturated carbocycles. The molecule has 8 heteroatoms. The normalized spacial score (nSPS) is 15.9. The summed E-state index contributed by atoms with van der Waals surface area (Å²) in [6.07, 6.45) is 0. The molecule has 3 rings (SSSR count). The molecule has 2 aromatic rings. The number of rotatable bonds is 5. The van der Waals surface area contributed by atoms with E-state index < -0.39 is 17.6 Å². The number of nitrogens with zero attached hydrogens (tertiary/aromatic N) is 1. The summed E-state index contributed by atoms with van der Waals surface area (Å²) in [4.78, 5) is 26.5. The summed E-state index contributed by atoms with van der Waals surface area (Å²) in [6, 6.07) is 6.31. The Morgan fingerprint density at radius 3 is 2.70 bits per heavy atom. The first-order valence-corrected chi connectivity index (χ1v) is 9.68. The van der Waals surface area contributed by atoms with Crippen molar-refractivity contribution in [1.82, 2.24) is 10.2 Å². The molecule has 0 spiro atoms. The number of hydrogen-bond donors (Lipinski definition) is 2. The molecule has 2 N–H and O–H groups in total. The van der Waals surface area contributed by atoms with Gasteiger partial charge in [-0.25, -0.2) is 4.39 Å². The molecule has 1 aliphatic rings. The van der Waals surface area contributed by atoms with Gasteiger partial charge < -0.3 is 15.4 Å². The van der Waals surface area contributed by atoms with Crippen LogP contribution in [0.3, 0.4) is 0 Å². The number of thiophene rings is 1. The average Bonchev–Trinajstić information content (AvgIpc) is 3.20. The number of ether oxygens (including phenoxy) is 1. The first-order valence-electron chi connectivity index (χ1n) is 8.74. The number of halogens is 1. The minimum atomic E-state index is -0.815. The third-order valence-corrected chi connectivity index (χ3v) is 5.21. The number of morpholine rings is 1. The first-order chi connectivity index (χ1) is 13.0. The van der Waals surface area contributed by atoms with E-state index in [9.17, 15) is 14.0 Å². The molecule has 144 valence electrons. The van der Waals surface area contributed by atoms with Crippen LogP contribution in [0.25, 0.3) is 0 Å². The molecule has 0 radical (unpaired) electrons. The summed E-state index contributed by atoms with van der Waals surface area (Å²) in [5, 5.41) is 9.15. The Balaban J connectivity index is 1.59. The zero-order valence-corrected chi connectivity index (χ0v) is 15.9. The summed E-state index contributed by atoms with van der Waals surface area (Å²) in [5.41, 5.74) is 1.82. The fourth-order valence-corrected chi connectivity index (χ4v) is 3.65. The van der Waals surface area contributed by atoms with Crippen molar-refractivity contribution >= 4 is 28.8 Å². The number of aryl methyl sites for hydroxylation is 1. The number of carbonyl (C=O) groups is 2. The smallest absolute Gasteiger partial charge is 0.313 e. The molecule has 2 heterocycles. The Kier molecular flexibility index (Phi) is 6.54. The van der Waals surface area contributed by atoms with E-state index in [1.165, 1.54) is 6.07 Å². The summed E-state index contributed by atoms with van der Waals surface area (Å²) < 4.78 is 19.0. The molecule has 1 aromatic carbocycles. The van der Waals surface area contributed by atoms with Crippen LogP contribution in [0.4, 0.5) is 10.1 Å². The van der Waals surface area contributed by atoms with Crippen LogP contribution in [0.1, 0.15) is 17.2 Å². The molecule has 27 heavy (non-hydrogen) atoms. The van der Waals surface area contributed by atoms with E-state index in [-0.39, 0.29) is 11.7 Å². The second-order valence-electron chi connectivity index (χ2n) is 6.35. The van der Waals surface area contributed by atoms with Gasteiger partial charge in [-0.15, -0.1) is 0 Å². The number of anilines is 1. The second kappa shape index (κ2) is 9.07. The van der Waals surface area contributed by atoms with Crippen LogP contribution >= 0.6 is 11.3 Å². The monoisotopic (exact) mass is 391 g/mol. The maximum absolute atomic E-state index is 13.6. The minimum absolute atomic E-state index is 0.0197.